The summed E-state index contributed by atoms with van der Waals surface area (Å²) in [6.45, 7) is 2.88. The van der Waals surface area contributed by atoms with Crippen molar-refractivity contribution in [2.24, 2.45) is 5.41 Å². The smallest absolute Gasteiger partial charge is 0.256 e. The zero-order valence-electron chi connectivity index (χ0n) is 18.5. The molecule has 1 atom stereocenters. The molecule has 2 amide bonds. The fraction of sp³-hybridized carbons (Fsp3) is 0.462. The Hall–Kier alpha value is -2.89. The molecule has 0 radical (unpaired) electrons. The fourth-order valence-corrected chi connectivity index (χ4v) is 4.83. The summed E-state index contributed by atoms with van der Waals surface area (Å²) in [7, 11) is 0. The van der Waals surface area contributed by atoms with E-state index >= 15 is 0 Å². The van der Waals surface area contributed by atoms with Gasteiger partial charge in [-0.25, -0.2) is 4.39 Å². The van der Waals surface area contributed by atoms with Crippen LogP contribution in [0.3, 0.4) is 0 Å². The van der Waals surface area contributed by atoms with E-state index in [-0.39, 0.29) is 17.4 Å². The number of carbonyl (C=O) groups is 2. The third kappa shape index (κ3) is 5.29. The maximum Gasteiger partial charge on any atom is 0.256 e. The molecule has 2 aromatic carbocycles. The van der Waals surface area contributed by atoms with Crippen LogP contribution in [0.4, 0.5) is 4.39 Å². The quantitative estimate of drug-likeness (QED) is 0.666. The van der Waals surface area contributed by atoms with E-state index in [0.717, 1.165) is 50.9 Å². The average Bonchev–Trinajstić information content (AvgIpc) is 2.84. The Balaban J connectivity index is 1.53. The summed E-state index contributed by atoms with van der Waals surface area (Å²) < 4.78 is 20.4. The molecule has 0 saturated carbocycles. The molecule has 0 unspecified atom stereocenters. The lowest BCUT2D eigenvalue weighted by atomic mass is 9.77. The van der Waals surface area contributed by atoms with Crippen LogP contribution in [0, 0.1) is 11.2 Å². The maximum atomic E-state index is 14.3. The first kappa shape index (κ1) is 22.3. The number of halogens is 1. The molecule has 2 heterocycles. The van der Waals surface area contributed by atoms with E-state index < -0.39 is 11.2 Å². The molecule has 0 bridgehead atoms. The predicted molar refractivity (Wildman–Crippen MR) is 121 cm³/mol. The van der Waals surface area contributed by atoms with Crippen molar-refractivity contribution in [2.75, 3.05) is 32.8 Å². The number of benzene rings is 2. The molecule has 2 aliphatic heterocycles. The molecule has 4 rings (SSSR count). The molecule has 170 valence electrons. The van der Waals surface area contributed by atoms with Crippen molar-refractivity contribution in [3.05, 3.63) is 66.0 Å². The minimum absolute atomic E-state index is 0.0784. The van der Waals surface area contributed by atoms with Gasteiger partial charge in [0, 0.05) is 38.0 Å². The lowest BCUT2D eigenvalue weighted by Gasteiger charge is -2.43. The van der Waals surface area contributed by atoms with Crippen LogP contribution in [0.25, 0.3) is 0 Å². The second kappa shape index (κ2) is 10.2. The van der Waals surface area contributed by atoms with Crippen LogP contribution < -0.4 is 4.74 Å². The molecule has 2 fully saturated rings. The topological polar surface area (TPSA) is 49.9 Å². The molecule has 2 saturated heterocycles. The Labute approximate surface area is 189 Å². The molecule has 5 nitrogen and oxygen atoms in total. The fourth-order valence-electron chi connectivity index (χ4n) is 4.83. The summed E-state index contributed by atoms with van der Waals surface area (Å²) in [6.07, 6.45) is 5.12. The zero-order chi connectivity index (χ0) is 22.4. The van der Waals surface area contributed by atoms with Gasteiger partial charge in [0.1, 0.15) is 11.6 Å². The molecular weight excluding hydrogens is 407 g/mol. The Bertz CT molecular complexity index is 930. The minimum Gasteiger partial charge on any atom is -0.493 e. The summed E-state index contributed by atoms with van der Waals surface area (Å²) in [4.78, 5) is 30.0. The Morgan fingerprint density at radius 2 is 1.56 bits per heavy atom. The highest BCUT2D eigenvalue weighted by molar-refractivity contribution is 5.94. The van der Waals surface area contributed by atoms with Crippen LogP contribution >= 0.6 is 0 Å². The van der Waals surface area contributed by atoms with Crippen LogP contribution in [-0.4, -0.2) is 54.4 Å². The number of piperidine rings is 2. The van der Waals surface area contributed by atoms with Gasteiger partial charge in [0.05, 0.1) is 12.2 Å². The zero-order valence-corrected chi connectivity index (χ0v) is 18.5. The van der Waals surface area contributed by atoms with Crippen LogP contribution in [0.5, 0.6) is 5.75 Å². The summed E-state index contributed by atoms with van der Waals surface area (Å²) in [5.74, 6) is 0.0345. The van der Waals surface area contributed by atoms with Gasteiger partial charge in [-0.1, -0.05) is 30.3 Å². The van der Waals surface area contributed by atoms with E-state index in [0.29, 0.717) is 26.1 Å². The first-order valence-electron chi connectivity index (χ1n) is 11.6. The standard InChI is InChI=1S/C26H31FN2O3/c27-23-13-6-5-12-22(23)25(31)29-17-9-14-26(19-29,20-32-21-10-3-1-4-11-21)18-24(30)28-15-7-2-8-16-28/h1,3-6,10-13H,2,7-9,14-20H2/t26-/m0/s1. The summed E-state index contributed by atoms with van der Waals surface area (Å²) in [6, 6.07) is 15.6. The first-order valence-corrected chi connectivity index (χ1v) is 11.6. The number of nitrogens with zero attached hydrogens (tertiary/aromatic N) is 2. The van der Waals surface area contributed by atoms with E-state index in [2.05, 4.69) is 0 Å². The summed E-state index contributed by atoms with van der Waals surface area (Å²) in [5, 5.41) is 0. The molecule has 2 aliphatic rings. The molecule has 32 heavy (non-hydrogen) atoms. The van der Waals surface area contributed by atoms with Gasteiger partial charge >= 0.3 is 0 Å². The van der Waals surface area contributed by atoms with E-state index in [1.54, 1.807) is 17.0 Å². The second-order valence-electron chi connectivity index (χ2n) is 9.03. The van der Waals surface area contributed by atoms with Gasteiger partial charge in [-0.15, -0.1) is 0 Å². The molecule has 2 aromatic rings. The van der Waals surface area contributed by atoms with E-state index in [1.165, 1.54) is 12.1 Å². The highest BCUT2D eigenvalue weighted by atomic mass is 19.1. The SMILES string of the molecule is O=C(C[C@@]1(COc2ccccc2)CCCN(C(=O)c2ccccc2F)C1)N1CCCCC1. The lowest BCUT2D eigenvalue weighted by Crippen LogP contribution is -2.51. The van der Waals surface area contributed by atoms with Crippen molar-refractivity contribution in [1.82, 2.24) is 9.80 Å². The Morgan fingerprint density at radius 3 is 2.31 bits per heavy atom. The van der Waals surface area contributed by atoms with Crippen LogP contribution in [-0.2, 0) is 4.79 Å². The van der Waals surface area contributed by atoms with Crippen molar-refractivity contribution in [3.8, 4) is 5.75 Å². The van der Waals surface area contributed by atoms with Crippen LogP contribution in [0.1, 0.15) is 48.9 Å². The van der Waals surface area contributed by atoms with Crippen molar-refractivity contribution >= 4 is 11.8 Å². The van der Waals surface area contributed by atoms with Gasteiger partial charge in [-0.2, -0.15) is 0 Å². The van der Waals surface area contributed by atoms with E-state index in [1.807, 2.05) is 35.2 Å². The predicted octanol–water partition coefficient (Wildman–Crippen LogP) is 4.53. The number of para-hydroxylation sites is 1. The van der Waals surface area contributed by atoms with Crippen molar-refractivity contribution in [3.63, 3.8) is 0 Å². The average molecular weight is 439 g/mol. The first-order chi connectivity index (χ1) is 15.6. The van der Waals surface area contributed by atoms with Gasteiger partial charge in [0.25, 0.3) is 5.91 Å². The van der Waals surface area contributed by atoms with E-state index in [4.69, 9.17) is 4.74 Å². The van der Waals surface area contributed by atoms with Gasteiger partial charge in [0.2, 0.25) is 5.91 Å². The Morgan fingerprint density at radius 1 is 0.875 bits per heavy atom. The molecule has 0 aliphatic carbocycles. The molecular formula is C26H31FN2O3. The number of hydrogen-bond donors (Lipinski definition) is 0. The molecule has 6 heteroatoms. The van der Waals surface area contributed by atoms with E-state index in [9.17, 15) is 14.0 Å². The minimum atomic E-state index is -0.515. The summed E-state index contributed by atoms with van der Waals surface area (Å²) >= 11 is 0. The van der Waals surface area contributed by atoms with Crippen molar-refractivity contribution < 1.29 is 18.7 Å². The highest BCUT2D eigenvalue weighted by Crippen LogP contribution is 2.36. The maximum absolute atomic E-state index is 14.3. The number of carbonyl (C=O) groups excluding carboxylic acids is 2. The lowest BCUT2D eigenvalue weighted by molar-refractivity contribution is -0.136. The second-order valence-corrected chi connectivity index (χ2v) is 9.03. The molecule has 0 spiro atoms. The number of likely N-dealkylation sites (tertiary alicyclic amines) is 2. The number of ether oxygens (including phenoxy) is 1. The monoisotopic (exact) mass is 438 g/mol. The van der Waals surface area contributed by atoms with Gasteiger partial charge in [0.15, 0.2) is 0 Å². The van der Waals surface area contributed by atoms with Crippen LogP contribution in [0.2, 0.25) is 0 Å². The third-order valence-corrected chi connectivity index (χ3v) is 6.58. The number of amides is 2. The van der Waals surface area contributed by atoms with Gasteiger partial charge < -0.3 is 14.5 Å². The molecule has 0 N–H and O–H groups in total. The summed E-state index contributed by atoms with van der Waals surface area (Å²) in [5.41, 5.74) is -0.418. The van der Waals surface area contributed by atoms with Crippen LogP contribution in [0.15, 0.2) is 54.6 Å². The number of hydrogen-bond acceptors (Lipinski definition) is 3. The van der Waals surface area contributed by atoms with Gasteiger partial charge in [-0.3, -0.25) is 9.59 Å². The third-order valence-electron chi connectivity index (χ3n) is 6.58. The molecule has 0 aromatic heterocycles. The Kier molecular flexibility index (Phi) is 7.08. The van der Waals surface area contributed by atoms with Gasteiger partial charge in [-0.05, 0) is 56.4 Å². The largest absolute Gasteiger partial charge is 0.493 e. The number of rotatable bonds is 6. The van der Waals surface area contributed by atoms with Crippen molar-refractivity contribution in [2.45, 2.75) is 38.5 Å². The normalized spacial score (nSPS) is 21.3. The van der Waals surface area contributed by atoms with Crippen molar-refractivity contribution in [1.29, 1.82) is 0 Å². The highest BCUT2D eigenvalue weighted by Gasteiger charge is 2.41.